The summed E-state index contributed by atoms with van der Waals surface area (Å²) in [6, 6.07) is 4.69. The average Bonchev–Trinajstić information content (AvgIpc) is 3.02. The van der Waals surface area contributed by atoms with E-state index in [1.165, 1.54) is 5.69 Å². The molecule has 7 nitrogen and oxygen atoms in total. The second kappa shape index (κ2) is 6.89. The Morgan fingerprint density at radius 3 is 2.54 bits per heavy atom. The topological polar surface area (TPSA) is 89.4 Å². The van der Waals surface area contributed by atoms with Gasteiger partial charge in [-0.2, -0.15) is 5.10 Å². The van der Waals surface area contributed by atoms with E-state index in [-0.39, 0.29) is 17.6 Å². The van der Waals surface area contributed by atoms with E-state index in [2.05, 4.69) is 34.5 Å². The lowest BCUT2D eigenvalue weighted by Gasteiger charge is -2.41. The average molecular weight is 357 g/mol. The third kappa shape index (κ3) is 3.17. The summed E-state index contributed by atoms with van der Waals surface area (Å²) in [4.78, 5) is 6.61. The van der Waals surface area contributed by atoms with Crippen LogP contribution in [0.15, 0.2) is 18.3 Å². The standard InChI is InChI=1S/C19H27N5O2/c1-12(2)24-17(13-3-5-23(6-4-13)15-10-26-11-15)8-16(22-24)14-7-18(25)19(20)21-9-14/h7-9,12-13,15,25H,3-6,10-11H2,1-2H3,(H2,20,21). The number of aromatic nitrogens is 3. The molecule has 0 unspecified atom stereocenters. The molecule has 0 spiro atoms. The van der Waals surface area contributed by atoms with Crippen LogP contribution in [0.5, 0.6) is 5.75 Å². The summed E-state index contributed by atoms with van der Waals surface area (Å²) in [5.74, 6) is 0.648. The fraction of sp³-hybridized carbons (Fsp3) is 0.579. The summed E-state index contributed by atoms with van der Waals surface area (Å²) in [6.45, 7) is 8.29. The number of pyridine rings is 1. The van der Waals surface area contributed by atoms with E-state index in [0.717, 1.165) is 50.4 Å². The Balaban J connectivity index is 1.57. The second-order valence-corrected chi connectivity index (χ2v) is 7.62. The van der Waals surface area contributed by atoms with E-state index in [1.807, 2.05) is 0 Å². The van der Waals surface area contributed by atoms with Crippen LogP contribution in [0.2, 0.25) is 0 Å². The van der Waals surface area contributed by atoms with Crippen molar-refractivity contribution in [2.24, 2.45) is 0 Å². The molecule has 0 bridgehead atoms. The maximum Gasteiger partial charge on any atom is 0.165 e. The normalized spacial score (nSPS) is 19.8. The number of aromatic hydroxyl groups is 1. The second-order valence-electron chi connectivity index (χ2n) is 7.62. The summed E-state index contributed by atoms with van der Waals surface area (Å²) in [7, 11) is 0. The van der Waals surface area contributed by atoms with Crippen LogP contribution in [0.1, 0.15) is 44.3 Å². The monoisotopic (exact) mass is 357 g/mol. The number of hydrogen-bond donors (Lipinski definition) is 2. The Morgan fingerprint density at radius 1 is 1.23 bits per heavy atom. The van der Waals surface area contributed by atoms with Crippen molar-refractivity contribution in [2.75, 3.05) is 32.0 Å². The minimum atomic E-state index is -0.000766. The lowest BCUT2D eigenvalue weighted by Crippen LogP contribution is -2.51. The van der Waals surface area contributed by atoms with Crippen molar-refractivity contribution in [3.05, 3.63) is 24.0 Å². The van der Waals surface area contributed by atoms with Gasteiger partial charge >= 0.3 is 0 Å². The Labute approximate surface area is 153 Å². The third-order valence-electron chi connectivity index (χ3n) is 5.53. The molecular formula is C19H27N5O2. The van der Waals surface area contributed by atoms with Crippen molar-refractivity contribution in [1.82, 2.24) is 19.7 Å². The first kappa shape index (κ1) is 17.3. The summed E-state index contributed by atoms with van der Waals surface area (Å²) in [5.41, 5.74) is 8.53. The highest BCUT2D eigenvalue weighted by atomic mass is 16.5. The number of piperidine rings is 1. The summed E-state index contributed by atoms with van der Waals surface area (Å²) < 4.78 is 7.45. The highest BCUT2D eigenvalue weighted by molar-refractivity contribution is 5.64. The predicted molar refractivity (Wildman–Crippen MR) is 100 cm³/mol. The summed E-state index contributed by atoms with van der Waals surface area (Å²) in [5, 5.41) is 14.7. The molecule has 2 aliphatic rings. The van der Waals surface area contributed by atoms with Crippen molar-refractivity contribution in [2.45, 2.75) is 44.7 Å². The van der Waals surface area contributed by atoms with E-state index in [4.69, 9.17) is 15.6 Å². The fourth-order valence-corrected chi connectivity index (χ4v) is 3.87. The van der Waals surface area contributed by atoms with Gasteiger partial charge in [0.2, 0.25) is 0 Å². The quantitative estimate of drug-likeness (QED) is 0.873. The van der Waals surface area contributed by atoms with Gasteiger partial charge in [-0.25, -0.2) is 4.98 Å². The molecule has 0 atom stereocenters. The fourth-order valence-electron chi connectivity index (χ4n) is 3.87. The van der Waals surface area contributed by atoms with E-state index in [0.29, 0.717) is 12.0 Å². The van der Waals surface area contributed by atoms with Crippen LogP contribution in [0.4, 0.5) is 5.82 Å². The van der Waals surface area contributed by atoms with Gasteiger partial charge in [0.25, 0.3) is 0 Å². The molecule has 2 aliphatic heterocycles. The van der Waals surface area contributed by atoms with Gasteiger partial charge in [0.1, 0.15) is 0 Å². The Morgan fingerprint density at radius 2 is 1.96 bits per heavy atom. The van der Waals surface area contributed by atoms with Crippen molar-refractivity contribution in [3.8, 4) is 17.0 Å². The zero-order chi connectivity index (χ0) is 18.3. The van der Waals surface area contributed by atoms with Crippen LogP contribution in [-0.4, -0.2) is 57.1 Å². The Bertz CT molecular complexity index is 776. The first-order valence-corrected chi connectivity index (χ1v) is 9.39. The molecule has 7 heteroatoms. The van der Waals surface area contributed by atoms with Crippen LogP contribution in [0.25, 0.3) is 11.3 Å². The molecule has 2 saturated heterocycles. The maximum absolute atomic E-state index is 9.87. The van der Waals surface area contributed by atoms with Crippen LogP contribution in [0.3, 0.4) is 0 Å². The molecule has 3 N–H and O–H groups in total. The number of nitrogens with zero attached hydrogens (tertiary/aromatic N) is 4. The lowest BCUT2D eigenvalue weighted by molar-refractivity contribution is -0.0714. The first-order valence-electron chi connectivity index (χ1n) is 9.39. The van der Waals surface area contributed by atoms with Crippen molar-refractivity contribution in [3.63, 3.8) is 0 Å². The maximum atomic E-state index is 9.87. The van der Waals surface area contributed by atoms with E-state index >= 15 is 0 Å². The van der Waals surface area contributed by atoms with Gasteiger partial charge in [0, 0.05) is 29.4 Å². The predicted octanol–water partition coefficient (Wildman–Crippen LogP) is 2.39. The summed E-state index contributed by atoms with van der Waals surface area (Å²) in [6.07, 6.45) is 3.95. The van der Waals surface area contributed by atoms with Crippen LogP contribution < -0.4 is 5.73 Å². The highest BCUT2D eigenvalue weighted by Crippen LogP contribution is 2.34. The smallest absolute Gasteiger partial charge is 0.165 e. The van der Waals surface area contributed by atoms with Crippen molar-refractivity contribution >= 4 is 5.82 Å². The molecule has 2 fully saturated rings. The SMILES string of the molecule is CC(C)n1nc(-c2cnc(N)c(O)c2)cc1C1CCN(C2COC2)CC1. The molecule has 0 radical (unpaired) electrons. The molecule has 4 rings (SSSR count). The number of rotatable bonds is 4. The van der Waals surface area contributed by atoms with Gasteiger partial charge in [-0.15, -0.1) is 0 Å². The zero-order valence-corrected chi connectivity index (χ0v) is 15.4. The van der Waals surface area contributed by atoms with Crippen LogP contribution in [-0.2, 0) is 4.74 Å². The number of likely N-dealkylation sites (tertiary alicyclic amines) is 1. The van der Waals surface area contributed by atoms with Gasteiger partial charge in [-0.05, 0) is 51.9 Å². The van der Waals surface area contributed by atoms with Gasteiger partial charge < -0.3 is 15.6 Å². The largest absolute Gasteiger partial charge is 0.504 e. The Hall–Kier alpha value is -2.12. The van der Waals surface area contributed by atoms with E-state index in [9.17, 15) is 5.11 Å². The molecule has 0 aliphatic carbocycles. The molecule has 0 aromatic carbocycles. The minimum Gasteiger partial charge on any atom is -0.504 e. The van der Waals surface area contributed by atoms with Gasteiger partial charge in [0.05, 0.1) is 24.9 Å². The van der Waals surface area contributed by atoms with Crippen molar-refractivity contribution in [1.29, 1.82) is 0 Å². The highest BCUT2D eigenvalue weighted by Gasteiger charge is 2.31. The van der Waals surface area contributed by atoms with E-state index < -0.39 is 0 Å². The molecule has 0 saturated carbocycles. The molecule has 2 aromatic rings. The van der Waals surface area contributed by atoms with Gasteiger partial charge in [0.15, 0.2) is 11.6 Å². The lowest BCUT2D eigenvalue weighted by atomic mass is 9.91. The number of anilines is 1. The number of hydrogen-bond acceptors (Lipinski definition) is 6. The van der Waals surface area contributed by atoms with Gasteiger partial charge in [-0.3, -0.25) is 9.58 Å². The molecule has 140 valence electrons. The van der Waals surface area contributed by atoms with Crippen LogP contribution >= 0.6 is 0 Å². The number of ether oxygens (including phenoxy) is 1. The third-order valence-corrected chi connectivity index (χ3v) is 5.53. The number of nitrogens with two attached hydrogens (primary N) is 1. The van der Waals surface area contributed by atoms with Crippen LogP contribution in [0, 0.1) is 0 Å². The van der Waals surface area contributed by atoms with Gasteiger partial charge in [-0.1, -0.05) is 0 Å². The molecule has 26 heavy (non-hydrogen) atoms. The Kier molecular flexibility index (Phi) is 4.58. The molecule has 2 aromatic heterocycles. The van der Waals surface area contributed by atoms with E-state index in [1.54, 1.807) is 12.3 Å². The molecule has 4 heterocycles. The zero-order valence-electron chi connectivity index (χ0n) is 15.4. The van der Waals surface area contributed by atoms with Crippen molar-refractivity contribution < 1.29 is 9.84 Å². The number of nitrogen functional groups attached to an aromatic ring is 1. The molecule has 0 amide bonds. The first-order chi connectivity index (χ1) is 12.5. The summed E-state index contributed by atoms with van der Waals surface area (Å²) >= 11 is 0. The molecular weight excluding hydrogens is 330 g/mol. The minimum absolute atomic E-state index is 0.000766.